The average Bonchev–Trinajstić information content (AvgIpc) is 3.21. The molecule has 7 nitrogen and oxygen atoms in total. The fraction of sp³-hybridized carbons (Fsp3) is 0.600. The molecule has 9 heteroatoms. The Labute approximate surface area is 177 Å². The highest BCUT2D eigenvalue weighted by Gasteiger charge is 2.30. The van der Waals surface area contributed by atoms with Crippen LogP contribution in [0.3, 0.4) is 0 Å². The van der Waals surface area contributed by atoms with E-state index in [2.05, 4.69) is 13.8 Å². The lowest BCUT2D eigenvalue weighted by molar-refractivity contribution is -0.137. The number of amides is 1. The number of halogens is 1. The van der Waals surface area contributed by atoms with Crippen LogP contribution in [-0.2, 0) is 19.6 Å². The van der Waals surface area contributed by atoms with Crippen molar-refractivity contribution in [1.82, 2.24) is 9.21 Å². The summed E-state index contributed by atoms with van der Waals surface area (Å²) < 4.78 is 32.1. The van der Waals surface area contributed by atoms with E-state index in [0.29, 0.717) is 38.0 Å². The van der Waals surface area contributed by atoms with Crippen molar-refractivity contribution >= 4 is 33.5 Å². The fourth-order valence-corrected chi connectivity index (χ4v) is 6.08. The molecule has 0 bridgehead atoms. The second-order valence-electron chi connectivity index (χ2n) is 8.08. The van der Waals surface area contributed by atoms with E-state index in [4.69, 9.17) is 16.3 Å². The lowest BCUT2D eigenvalue weighted by Crippen LogP contribution is -2.44. The number of rotatable bonds is 5. The molecule has 0 aliphatic carbocycles. The van der Waals surface area contributed by atoms with Crippen LogP contribution in [-0.4, -0.2) is 62.3 Å². The molecule has 0 saturated carbocycles. The normalized spacial score (nSPS) is 23.2. The first-order valence-corrected chi connectivity index (χ1v) is 11.7. The van der Waals surface area contributed by atoms with E-state index in [9.17, 15) is 18.0 Å². The van der Waals surface area contributed by atoms with E-state index in [1.54, 1.807) is 4.90 Å². The van der Waals surface area contributed by atoms with Crippen LogP contribution in [0.1, 0.15) is 43.5 Å². The molecule has 2 aliphatic rings. The minimum atomic E-state index is -3.77. The van der Waals surface area contributed by atoms with Gasteiger partial charge in [-0.3, -0.25) is 4.79 Å². The molecule has 3 rings (SSSR count). The Morgan fingerprint density at radius 2 is 1.76 bits per heavy atom. The third kappa shape index (κ3) is 5.10. The predicted octanol–water partition coefficient (Wildman–Crippen LogP) is 2.79. The maximum Gasteiger partial charge on any atom is 0.338 e. The molecule has 0 spiro atoms. The van der Waals surface area contributed by atoms with Crippen molar-refractivity contribution in [2.75, 3.05) is 32.8 Å². The van der Waals surface area contributed by atoms with Crippen molar-refractivity contribution in [1.29, 1.82) is 0 Å². The number of nitrogens with zero attached hydrogens (tertiary/aromatic N) is 2. The summed E-state index contributed by atoms with van der Waals surface area (Å²) in [5.74, 6) is -0.164. The van der Waals surface area contributed by atoms with Gasteiger partial charge in [-0.25, -0.2) is 13.2 Å². The van der Waals surface area contributed by atoms with Gasteiger partial charge in [0, 0.05) is 26.2 Å². The molecule has 2 heterocycles. The van der Waals surface area contributed by atoms with Crippen LogP contribution >= 0.6 is 11.6 Å². The summed E-state index contributed by atoms with van der Waals surface area (Å²) in [6.07, 6.45) is 2.67. The number of hydrogen-bond donors (Lipinski definition) is 0. The topological polar surface area (TPSA) is 84.0 Å². The number of likely N-dealkylation sites (tertiary alicyclic amines) is 1. The molecular formula is C20H27ClN2O5S. The fourth-order valence-electron chi connectivity index (χ4n) is 4.06. The van der Waals surface area contributed by atoms with E-state index in [0.717, 1.165) is 19.3 Å². The van der Waals surface area contributed by atoms with Crippen LogP contribution in [0, 0.1) is 11.8 Å². The Balaban J connectivity index is 1.67. The van der Waals surface area contributed by atoms with E-state index in [1.165, 1.54) is 22.5 Å². The van der Waals surface area contributed by atoms with Crippen LogP contribution in [0.5, 0.6) is 0 Å². The van der Waals surface area contributed by atoms with Crippen molar-refractivity contribution < 1.29 is 22.7 Å². The molecule has 0 radical (unpaired) electrons. The van der Waals surface area contributed by atoms with Crippen LogP contribution in [0.15, 0.2) is 23.1 Å². The third-order valence-corrected chi connectivity index (χ3v) is 7.78. The smallest absolute Gasteiger partial charge is 0.338 e. The lowest BCUT2D eigenvalue weighted by Gasteiger charge is -2.34. The van der Waals surface area contributed by atoms with Crippen molar-refractivity contribution in [3.05, 3.63) is 28.8 Å². The number of ether oxygens (including phenoxy) is 1. The minimum absolute atomic E-state index is 0.0559. The van der Waals surface area contributed by atoms with Crippen molar-refractivity contribution in [3.63, 3.8) is 0 Å². The molecule has 2 aliphatic heterocycles. The molecule has 0 unspecified atom stereocenters. The Morgan fingerprint density at radius 1 is 1.14 bits per heavy atom. The molecule has 2 fully saturated rings. The van der Waals surface area contributed by atoms with Gasteiger partial charge in [-0.1, -0.05) is 25.4 Å². The summed E-state index contributed by atoms with van der Waals surface area (Å²) >= 11 is 6.10. The quantitative estimate of drug-likeness (QED) is 0.654. The van der Waals surface area contributed by atoms with Crippen molar-refractivity contribution in [2.24, 2.45) is 11.8 Å². The summed E-state index contributed by atoms with van der Waals surface area (Å²) in [5.41, 5.74) is 0.0559. The van der Waals surface area contributed by atoms with Gasteiger partial charge in [-0.05, 0) is 49.3 Å². The molecule has 0 N–H and O–H groups in total. The molecule has 2 saturated heterocycles. The Kier molecular flexibility index (Phi) is 6.86. The highest BCUT2D eigenvalue weighted by atomic mass is 35.5. The molecule has 0 aromatic heterocycles. The molecule has 1 amide bonds. The molecular weight excluding hydrogens is 416 g/mol. The maximum atomic E-state index is 12.8. The largest absolute Gasteiger partial charge is 0.452 e. The summed E-state index contributed by atoms with van der Waals surface area (Å²) in [5, 5.41) is 0.0563. The zero-order chi connectivity index (χ0) is 21.2. The summed E-state index contributed by atoms with van der Waals surface area (Å²) in [6, 6.07) is 4.01. The summed E-state index contributed by atoms with van der Waals surface area (Å²) in [7, 11) is -3.77. The van der Waals surface area contributed by atoms with Gasteiger partial charge in [-0.2, -0.15) is 4.31 Å². The number of carbonyl (C=O) groups excluding carboxylic acids is 2. The second-order valence-corrected chi connectivity index (χ2v) is 10.4. The van der Waals surface area contributed by atoms with Crippen LogP contribution in [0.25, 0.3) is 0 Å². The number of esters is 1. The first-order chi connectivity index (χ1) is 13.7. The predicted molar refractivity (Wildman–Crippen MR) is 109 cm³/mol. The first kappa shape index (κ1) is 22.1. The van der Waals surface area contributed by atoms with Gasteiger partial charge in [0.05, 0.1) is 10.6 Å². The molecule has 1 aromatic rings. The number of hydrogen-bond acceptors (Lipinski definition) is 5. The van der Waals surface area contributed by atoms with Gasteiger partial charge < -0.3 is 9.64 Å². The Morgan fingerprint density at radius 3 is 2.38 bits per heavy atom. The van der Waals surface area contributed by atoms with Gasteiger partial charge in [0.2, 0.25) is 10.0 Å². The van der Waals surface area contributed by atoms with Gasteiger partial charge in [0.1, 0.15) is 4.90 Å². The highest BCUT2D eigenvalue weighted by Crippen LogP contribution is 2.28. The van der Waals surface area contributed by atoms with E-state index >= 15 is 0 Å². The maximum absolute atomic E-state index is 12.8. The Bertz CT molecular complexity index is 873. The number of benzene rings is 1. The van der Waals surface area contributed by atoms with E-state index < -0.39 is 16.0 Å². The van der Waals surface area contributed by atoms with Gasteiger partial charge in [0.15, 0.2) is 6.61 Å². The summed E-state index contributed by atoms with van der Waals surface area (Å²) in [4.78, 5) is 26.4. The monoisotopic (exact) mass is 442 g/mol. The summed E-state index contributed by atoms with van der Waals surface area (Å²) in [6.45, 7) is 6.01. The average molecular weight is 443 g/mol. The van der Waals surface area contributed by atoms with Crippen molar-refractivity contribution in [3.8, 4) is 0 Å². The molecule has 29 heavy (non-hydrogen) atoms. The van der Waals surface area contributed by atoms with Crippen LogP contribution in [0.4, 0.5) is 0 Å². The van der Waals surface area contributed by atoms with E-state index in [1.807, 2.05) is 0 Å². The van der Waals surface area contributed by atoms with Crippen molar-refractivity contribution in [2.45, 2.75) is 38.0 Å². The second kappa shape index (κ2) is 9.02. The Hall–Kier alpha value is -1.64. The first-order valence-electron chi connectivity index (χ1n) is 9.93. The number of sulfonamides is 1. The number of piperidine rings is 1. The highest BCUT2D eigenvalue weighted by molar-refractivity contribution is 7.89. The van der Waals surface area contributed by atoms with Crippen LogP contribution in [0.2, 0.25) is 5.02 Å². The molecule has 1 aromatic carbocycles. The van der Waals surface area contributed by atoms with Crippen LogP contribution < -0.4 is 0 Å². The standard InChI is InChI=1S/C20H27ClN2O5S/c1-14-9-15(2)12-22(11-14)19(24)13-28-20(25)16-5-6-17(21)18(10-16)29(26,27)23-7-3-4-8-23/h5-6,10,14-15H,3-4,7-9,11-13H2,1-2H3/t14-,15-/m1/s1. The van der Waals surface area contributed by atoms with E-state index in [-0.39, 0.29) is 28.0 Å². The lowest BCUT2D eigenvalue weighted by atomic mass is 9.92. The molecule has 2 atom stereocenters. The van der Waals surface area contributed by atoms with Gasteiger partial charge in [-0.15, -0.1) is 0 Å². The van der Waals surface area contributed by atoms with Gasteiger partial charge in [0.25, 0.3) is 5.91 Å². The zero-order valence-electron chi connectivity index (χ0n) is 16.8. The minimum Gasteiger partial charge on any atom is -0.452 e. The molecule has 160 valence electrons. The SMILES string of the molecule is C[C@@H]1C[C@@H](C)CN(C(=O)COC(=O)c2ccc(Cl)c(S(=O)(=O)N3CCCC3)c2)C1. The zero-order valence-corrected chi connectivity index (χ0v) is 18.3. The third-order valence-electron chi connectivity index (χ3n) is 5.40. The van der Waals surface area contributed by atoms with Gasteiger partial charge >= 0.3 is 5.97 Å². The number of carbonyl (C=O) groups is 2.